The number of imidazole rings is 1. The van der Waals surface area contributed by atoms with Crippen molar-refractivity contribution < 1.29 is 0 Å². The van der Waals surface area contributed by atoms with Gasteiger partial charge in [0, 0.05) is 33.5 Å². The summed E-state index contributed by atoms with van der Waals surface area (Å²) >= 11 is 0. The van der Waals surface area contributed by atoms with Crippen LogP contribution in [0.15, 0.2) is 145 Å². The van der Waals surface area contributed by atoms with Gasteiger partial charge in [-0.2, -0.15) is 0 Å². The lowest BCUT2D eigenvalue weighted by Crippen LogP contribution is -2.10. The second-order valence-corrected chi connectivity index (χ2v) is 12.7. The van der Waals surface area contributed by atoms with Crippen LogP contribution in [0.5, 0.6) is 0 Å². The maximum absolute atomic E-state index is 5.13. The third-order valence-electron chi connectivity index (χ3n) is 10.1. The molecule has 3 heterocycles. The molecule has 8 aromatic rings. The number of pyridine rings is 1. The van der Waals surface area contributed by atoms with E-state index in [-0.39, 0.29) is 0 Å². The van der Waals surface area contributed by atoms with Gasteiger partial charge in [0.1, 0.15) is 5.65 Å². The van der Waals surface area contributed by atoms with Gasteiger partial charge in [0.05, 0.1) is 22.1 Å². The Morgan fingerprint density at radius 2 is 1.46 bits per heavy atom. The average Bonchev–Trinajstić information content (AvgIpc) is 3.68. The molecule has 0 N–H and O–H groups in total. The average molecular weight is 590 g/mol. The van der Waals surface area contributed by atoms with Crippen molar-refractivity contribution in [1.82, 2.24) is 14.0 Å². The molecule has 0 saturated carbocycles. The Bertz CT molecular complexity index is 2610. The minimum atomic E-state index is 0.395. The minimum absolute atomic E-state index is 0.395. The lowest BCUT2D eigenvalue weighted by molar-refractivity contribution is 0.751. The van der Waals surface area contributed by atoms with Crippen molar-refractivity contribution in [3.05, 3.63) is 156 Å². The highest BCUT2D eigenvalue weighted by Gasteiger charge is 2.25. The van der Waals surface area contributed by atoms with E-state index in [1.807, 2.05) is 0 Å². The van der Waals surface area contributed by atoms with Crippen molar-refractivity contribution in [2.75, 3.05) is 0 Å². The van der Waals surface area contributed by atoms with Gasteiger partial charge in [-0.25, -0.2) is 4.98 Å². The summed E-state index contributed by atoms with van der Waals surface area (Å²) in [6, 6.07) is 41.9. The number of rotatable bonds is 3. The second kappa shape index (κ2) is 9.92. The van der Waals surface area contributed by atoms with Crippen LogP contribution in [-0.4, -0.2) is 14.0 Å². The predicted octanol–water partition coefficient (Wildman–Crippen LogP) is 10.9. The molecule has 0 saturated heterocycles. The minimum Gasteiger partial charge on any atom is -0.310 e. The Morgan fingerprint density at radius 3 is 2.35 bits per heavy atom. The fourth-order valence-corrected chi connectivity index (χ4v) is 7.92. The first kappa shape index (κ1) is 25.6. The molecule has 1 atom stereocenters. The normalized spacial score (nSPS) is 16.2. The standard InChI is InChI=1S/C43H31N3/c1-3-11-28(12-4-1)30-19-23-40-36(25-30)37-26-31(29-13-5-2-6-14-29)20-24-41(37)45(40)32-21-22-34-35(27-32)33-15-7-9-17-39(33)46-42-18-10-8-16-38(42)44-43(34)46/h1,3-5,7-25,27,31H,2,6,26H2. The highest BCUT2D eigenvalue weighted by molar-refractivity contribution is 6.14. The summed E-state index contributed by atoms with van der Waals surface area (Å²) in [5.41, 5.74) is 13.4. The first-order valence-electron chi connectivity index (χ1n) is 16.3. The van der Waals surface area contributed by atoms with E-state index in [0.717, 1.165) is 35.9 Å². The topological polar surface area (TPSA) is 22.2 Å². The van der Waals surface area contributed by atoms with Gasteiger partial charge in [-0.1, -0.05) is 91.0 Å². The zero-order valence-corrected chi connectivity index (χ0v) is 25.4. The van der Waals surface area contributed by atoms with Crippen molar-refractivity contribution >= 4 is 55.3 Å². The molecule has 0 radical (unpaired) electrons. The molecule has 5 aromatic carbocycles. The number of allylic oxidation sites excluding steroid dienone is 5. The van der Waals surface area contributed by atoms with E-state index in [2.05, 4.69) is 155 Å². The number of benzene rings is 5. The van der Waals surface area contributed by atoms with Gasteiger partial charge in [-0.05, 0) is 102 Å². The van der Waals surface area contributed by atoms with Gasteiger partial charge in [-0.15, -0.1) is 0 Å². The van der Waals surface area contributed by atoms with E-state index < -0.39 is 0 Å². The number of para-hydroxylation sites is 3. The highest BCUT2D eigenvalue weighted by atomic mass is 15.0. The fourth-order valence-electron chi connectivity index (χ4n) is 7.92. The van der Waals surface area contributed by atoms with Crippen LogP contribution in [0.25, 0.3) is 72.1 Å². The monoisotopic (exact) mass is 589 g/mol. The van der Waals surface area contributed by atoms with Crippen LogP contribution in [-0.2, 0) is 6.42 Å². The van der Waals surface area contributed by atoms with E-state index in [0.29, 0.717) is 5.92 Å². The van der Waals surface area contributed by atoms with E-state index in [1.165, 1.54) is 66.2 Å². The Balaban J connectivity index is 1.23. The van der Waals surface area contributed by atoms with Crippen molar-refractivity contribution in [3.63, 3.8) is 0 Å². The van der Waals surface area contributed by atoms with Gasteiger partial charge in [-0.3, -0.25) is 4.40 Å². The van der Waals surface area contributed by atoms with E-state index in [9.17, 15) is 0 Å². The van der Waals surface area contributed by atoms with Crippen LogP contribution in [0.4, 0.5) is 0 Å². The molecule has 2 aliphatic carbocycles. The maximum Gasteiger partial charge on any atom is 0.146 e. The fraction of sp³-hybridized carbons (Fsp3) is 0.0930. The van der Waals surface area contributed by atoms with Crippen molar-refractivity contribution in [3.8, 4) is 16.8 Å². The summed E-state index contributed by atoms with van der Waals surface area (Å²) in [6.07, 6.45) is 15.2. The van der Waals surface area contributed by atoms with Crippen LogP contribution in [0.1, 0.15) is 24.1 Å². The number of nitrogens with zero attached hydrogens (tertiary/aromatic N) is 3. The summed E-state index contributed by atoms with van der Waals surface area (Å²) in [4.78, 5) is 5.13. The van der Waals surface area contributed by atoms with Crippen LogP contribution in [0, 0.1) is 5.92 Å². The quantitative estimate of drug-likeness (QED) is 0.188. The van der Waals surface area contributed by atoms with E-state index >= 15 is 0 Å². The summed E-state index contributed by atoms with van der Waals surface area (Å²) in [7, 11) is 0. The highest BCUT2D eigenvalue weighted by Crippen LogP contribution is 2.41. The third-order valence-corrected chi connectivity index (χ3v) is 10.1. The Kier molecular flexibility index (Phi) is 5.53. The second-order valence-electron chi connectivity index (χ2n) is 12.7. The molecular weight excluding hydrogens is 558 g/mol. The largest absolute Gasteiger partial charge is 0.310 e. The number of hydrogen-bond acceptors (Lipinski definition) is 1. The predicted molar refractivity (Wildman–Crippen MR) is 193 cm³/mol. The lowest BCUT2D eigenvalue weighted by Gasteiger charge is -2.21. The van der Waals surface area contributed by atoms with Gasteiger partial charge in [0.15, 0.2) is 0 Å². The maximum atomic E-state index is 5.13. The Labute approximate surface area is 267 Å². The van der Waals surface area contributed by atoms with Crippen molar-refractivity contribution in [1.29, 1.82) is 0 Å². The molecule has 2 aliphatic rings. The summed E-state index contributed by atoms with van der Waals surface area (Å²) in [5.74, 6) is 0.395. The SMILES string of the molecule is C1=CC(C2C=Cc3c(c4cc(-c5ccccc5)ccc4n3-c3ccc4c(c3)c3ccccc3n3c5ccccc5nc43)C2)=CCC1. The smallest absolute Gasteiger partial charge is 0.146 e. The molecule has 218 valence electrons. The van der Waals surface area contributed by atoms with Crippen LogP contribution in [0.2, 0.25) is 0 Å². The molecule has 46 heavy (non-hydrogen) atoms. The molecule has 0 fully saturated rings. The molecule has 0 aliphatic heterocycles. The molecule has 0 bridgehead atoms. The zero-order valence-electron chi connectivity index (χ0n) is 25.4. The van der Waals surface area contributed by atoms with Gasteiger partial charge < -0.3 is 4.57 Å². The van der Waals surface area contributed by atoms with E-state index in [1.54, 1.807) is 0 Å². The van der Waals surface area contributed by atoms with E-state index in [4.69, 9.17) is 4.98 Å². The lowest BCUT2D eigenvalue weighted by atomic mass is 9.84. The van der Waals surface area contributed by atoms with Gasteiger partial charge in [0.2, 0.25) is 0 Å². The summed E-state index contributed by atoms with van der Waals surface area (Å²) in [5, 5.41) is 4.97. The Morgan fingerprint density at radius 1 is 0.609 bits per heavy atom. The van der Waals surface area contributed by atoms with Gasteiger partial charge >= 0.3 is 0 Å². The first-order valence-corrected chi connectivity index (χ1v) is 16.3. The van der Waals surface area contributed by atoms with Crippen molar-refractivity contribution in [2.45, 2.75) is 19.3 Å². The van der Waals surface area contributed by atoms with Crippen molar-refractivity contribution in [2.24, 2.45) is 5.92 Å². The molecule has 10 rings (SSSR count). The van der Waals surface area contributed by atoms with Crippen LogP contribution >= 0.6 is 0 Å². The molecular formula is C43H31N3. The molecule has 0 amide bonds. The number of fused-ring (bicyclic) bond motifs is 11. The summed E-state index contributed by atoms with van der Waals surface area (Å²) in [6.45, 7) is 0. The van der Waals surface area contributed by atoms with Crippen LogP contribution < -0.4 is 0 Å². The Hall–Kier alpha value is -5.67. The molecule has 0 spiro atoms. The molecule has 3 aromatic heterocycles. The molecule has 1 unspecified atom stereocenters. The number of hydrogen-bond donors (Lipinski definition) is 0. The zero-order chi connectivity index (χ0) is 30.2. The van der Waals surface area contributed by atoms with Crippen LogP contribution in [0.3, 0.4) is 0 Å². The molecule has 3 nitrogen and oxygen atoms in total. The molecule has 3 heteroatoms. The van der Waals surface area contributed by atoms with Gasteiger partial charge in [0.25, 0.3) is 0 Å². The summed E-state index contributed by atoms with van der Waals surface area (Å²) < 4.78 is 4.81. The number of aromatic nitrogens is 3. The third kappa shape index (κ3) is 3.75. The first-order chi connectivity index (χ1) is 22.8.